The fraction of sp³-hybridized carbons (Fsp3) is 0.947. The topological polar surface area (TPSA) is 95.5 Å². The molecule has 0 unspecified atom stereocenters. The van der Waals surface area contributed by atoms with Crippen LogP contribution in [0.2, 0.25) is 0 Å². The lowest BCUT2D eigenvalue weighted by Gasteiger charge is -2.19. The van der Waals surface area contributed by atoms with Crippen LogP contribution < -0.4 is 5.32 Å². The zero-order valence-electron chi connectivity index (χ0n) is 17.3. The average Bonchev–Trinajstić information content (AvgIpc) is 2.59. The van der Waals surface area contributed by atoms with Gasteiger partial charge in [0.2, 0.25) is 0 Å². The first kappa shape index (κ1) is 26.1. The molecule has 0 heterocycles. The van der Waals surface area contributed by atoms with Gasteiger partial charge in [-0.2, -0.15) is 0 Å². The number of unbranched alkanes of at least 4 members (excludes halogenated alkanes) is 3. The van der Waals surface area contributed by atoms with E-state index in [0.717, 1.165) is 32.3 Å². The van der Waals surface area contributed by atoms with Crippen LogP contribution in [0.25, 0.3) is 0 Å². The number of alkyl carbamates (subject to hydrolysis) is 1. The molecule has 8 heteroatoms. The van der Waals surface area contributed by atoms with E-state index < -0.39 is 11.7 Å². The quantitative estimate of drug-likeness (QED) is 0.344. The Labute approximate surface area is 163 Å². The number of hydrogen-bond acceptors (Lipinski definition) is 7. The number of rotatable bonds is 18. The smallest absolute Gasteiger partial charge is 0.407 e. The van der Waals surface area contributed by atoms with Crippen LogP contribution in [0, 0.1) is 0 Å². The molecule has 27 heavy (non-hydrogen) atoms. The van der Waals surface area contributed by atoms with E-state index in [2.05, 4.69) is 5.32 Å². The first-order valence-electron chi connectivity index (χ1n) is 9.84. The molecule has 0 saturated heterocycles. The lowest BCUT2D eigenvalue weighted by atomic mass is 10.2. The van der Waals surface area contributed by atoms with Gasteiger partial charge in [0, 0.05) is 19.8 Å². The van der Waals surface area contributed by atoms with Crippen molar-refractivity contribution in [3.8, 4) is 0 Å². The highest BCUT2D eigenvalue weighted by Crippen LogP contribution is 2.06. The van der Waals surface area contributed by atoms with Crippen molar-refractivity contribution in [2.45, 2.75) is 52.1 Å². The van der Waals surface area contributed by atoms with Gasteiger partial charge in [-0.05, 0) is 33.6 Å². The Balaban J connectivity index is 3.12. The molecule has 0 radical (unpaired) electrons. The van der Waals surface area contributed by atoms with Crippen LogP contribution in [0.15, 0.2) is 0 Å². The number of aliphatic hydroxyl groups is 1. The third-order valence-electron chi connectivity index (χ3n) is 3.23. The predicted octanol–water partition coefficient (Wildman–Crippen LogP) is 2.13. The summed E-state index contributed by atoms with van der Waals surface area (Å²) < 4.78 is 26.7. The Hall–Kier alpha value is -0.930. The van der Waals surface area contributed by atoms with Gasteiger partial charge in [-0.3, -0.25) is 0 Å². The van der Waals surface area contributed by atoms with Crippen molar-refractivity contribution in [3.05, 3.63) is 0 Å². The summed E-state index contributed by atoms with van der Waals surface area (Å²) in [5, 5.41) is 11.3. The summed E-state index contributed by atoms with van der Waals surface area (Å²) in [7, 11) is 0. The Morgan fingerprint density at radius 1 is 0.741 bits per heavy atom. The molecular weight excluding hydrogens is 354 g/mol. The van der Waals surface area contributed by atoms with Crippen molar-refractivity contribution < 1.29 is 33.6 Å². The van der Waals surface area contributed by atoms with Crippen LogP contribution in [0.3, 0.4) is 0 Å². The molecule has 8 nitrogen and oxygen atoms in total. The number of carbonyl (C=O) groups is 1. The minimum atomic E-state index is -0.492. The molecule has 0 saturated carbocycles. The van der Waals surface area contributed by atoms with Gasteiger partial charge in [-0.15, -0.1) is 0 Å². The van der Waals surface area contributed by atoms with Gasteiger partial charge < -0.3 is 34.1 Å². The zero-order chi connectivity index (χ0) is 20.2. The second-order valence-corrected chi connectivity index (χ2v) is 7.02. The van der Waals surface area contributed by atoms with Crippen molar-refractivity contribution in [1.82, 2.24) is 5.32 Å². The molecule has 0 aliphatic carbocycles. The summed E-state index contributed by atoms with van der Waals surface area (Å²) in [4.78, 5) is 11.4. The van der Waals surface area contributed by atoms with E-state index in [1.807, 2.05) is 20.8 Å². The molecule has 0 fully saturated rings. The van der Waals surface area contributed by atoms with E-state index in [-0.39, 0.29) is 6.61 Å². The third kappa shape index (κ3) is 23.0. The van der Waals surface area contributed by atoms with Gasteiger partial charge in [-0.1, -0.05) is 12.8 Å². The maximum atomic E-state index is 11.4. The first-order chi connectivity index (χ1) is 13.0. The fourth-order valence-electron chi connectivity index (χ4n) is 1.97. The SMILES string of the molecule is CC(C)(C)OC(=O)NCCOCCOCCOCCOCCCCCCO. The van der Waals surface area contributed by atoms with Gasteiger partial charge in [-0.25, -0.2) is 4.79 Å². The minimum Gasteiger partial charge on any atom is -0.444 e. The molecular formula is C19H39NO7. The second-order valence-electron chi connectivity index (χ2n) is 7.02. The number of nitrogens with one attached hydrogen (secondary N) is 1. The highest BCUT2D eigenvalue weighted by atomic mass is 16.6. The largest absolute Gasteiger partial charge is 0.444 e. The molecule has 0 aliphatic heterocycles. The summed E-state index contributed by atoms with van der Waals surface area (Å²) in [6, 6.07) is 0. The standard InChI is InChI=1S/C19H39NO7/c1-19(2,3)27-18(22)20-8-11-24-13-15-26-17-16-25-14-12-23-10-7-5-4-6-9-21/h21H,4-17H2,1-3H3,(H,20,22). The van der Waals surface area contributed by atoms with Crippen LogP contribution in [0.5, 0.6) is 0 Å². The molecule has 0 aromatic rings. The van der Waals surface area contributed by atoms with Gasteiger partial charge >= 0.3 is 6.09 Å². The van der Waals surface area contributed by atoms with Crippen LogP contribution >= 0.6 is 0 Å². The summed E-state index contributed by atoms with van der Waals surface area (Å²) >= 11 is 0. The molecule has 0 rings (SSSR count). The fourth-order valence-corrected chi connectivity index (χ4v) is 1.97. The Kier molecular flexibility index (Phi) is 17.8. The summed E-state index contributed by atoms with van der Waals surface area (Å²) in [6.07, 6.45) is 3.60. The molecule has 1 amide bonds. The summed E-state index contributed by atoms with van der Waals surface area (Å²) in [5.74, 6) is 0. The molecule has 0 atom stereocenters. The summed E-state index contributed by atoms with van der Waals surface area (Å²) in [5.41, 5.74) is -0.492. The normalized spacial score (nSPS) is 11.6. The minimum absolute atomic E-state index is 0.272. The van der Waals surface area contributed by atoms with E-state index in [1.54, 1.807) is 0 Å². The maximum absolute atomic E-state index is 11.4. The highest BCUT2D eigenvalue weighted by molar-refractivity contribution is 5.67. The third-order valence-corrected chi connectivity index (χ3v) is 3.23. The van der Waals surface area contributed by atoms with Gasteiger partial charge in [0.05, 0.1) is 46.2 Å². The molecule has 0 aromatic heterocycles. The Morgan fingerprint density at radius 3 is 1.74 bits per heavy atom. The lowest BCUT2D eigenvalue weighted by molar-refractivity contribution is -0.00216. The lowest BCUT2D eigenvalue weighted by Crippen LogP contribution is -2.34. The van der Waals surface area contributed by atoms with Crippen molar-refractivity contribution >= 4 is 6.09 Å². The van der Waals surface area contributed by atoms with E-state index in [1.165, 1.54) is 0 Å². The monoisotopic (exact) mass is 393 g/mol. The number of hydrogen-bond donors (Lipinski definition) is 2. The number of amides is 1. The number of ether oxygens (including phenoxy) is 5. The van der Waals surface area contributed by atoms with Crippen LogP contribution in [-0.4, -0.2) is 82.8 Å². The second kappa shape index (κ2) is 18.4. The zero-order valence-corrected chi connectivity index (χ0v) is 17.3. The summed E-state index contributed by atoms with van der Waals surface area (Å²) in [6.45, 7) is 10.4. The number of aliphatic hydroxyl groups excluding tert-OH is 1. The van der Waals surface area contributed by atoms with E-state index >= 15 is 0 Å². The van der Waals surface area contributed by atoms with Crippen molar-refractivity contribution in [2.75, 3.05) is 66.0 Å². The van der Waals surface area contributed by atoms with Crippen molar-refractivity contribution in [3.63, 3.8) is 0 Å². The maximum Gasteiger partial charge on any atom is 0.407 e. The van der Waals surface area contributed by atoms with Gasteiger partial charge in [0.1, 0.15) is 5.60 Å². The Morgan fingerprint density at radius 2 is 1.22 bits per heavy atom. The molecule has 2 N–H and O–H groups in total. The van der Waals surface area contributed by atoms with Crippen LogP contribution in [0.1, 0.15) is 46.5 Å². The molecule has 0 spiro atoms. The van der Waals surface area contributed by atoms with E-state index in [4.69, 9.17) is 28.8 Å². The predicted molar refractivity (Wildman–Crippen MR) is 103 cm³/mol. The molecule has 0 aliphatic rings. The van der Waals surface area contributed by atoms with Crippen molar-refractivity contribution in [1.29, 1.82) is 0 Å². The molecule has 162 valence electrons. The van der Waals surface area contributed by atoms with Gasteiger partial charge in [0.15, 0.2) is 0 Å². The molecule has 0 aromatic carbocycles. The first-order valence-corrected chi connectivity index (χ1v) is 9.84. The van der Waals surface area contributed by atoms with E-state index in [0.29, 0.717) is 52.8 Å². The number of carbonyl (C=O) groups excluding carboxylic acids is 1. The molecule has 0 bridgehead atoms. The van der Waals surface area contributed by atoms with Crippen molar-refractivity contribution in [2.24, 2.45) is 0 Å². The Bertz CT molecular complexity index is 335. The van der Waals surface area contributed by atoms with E-state index in [9.17, 15) is 4.79 Å². The van der Waals surface area contributed by atoms with Crippen LogP contribution in [-0.2, 0) is 23.7 Å². The van der Waals surface area contributed by atoms with Crippen LogP contribution in [0.4, 0.5) is 4.79 Å². The average molecular weight is 394 g/mol. The van der Waals surface area contributed by atoms with Gasteiger partial charge in [0.25, 0.3) is 0 Å². The highest BCUT2D eigenvalue weighted by Gasteiger charge is 2.15.